The largest absolute Gasteiger partial charge is 0.396 e. The van der Waals surface area contributed by atoms with Crippen LogP contribution in [0.5, 0.6) is 0 Å². The number of aliphatic hydroxyl groups excluding tert-OH is 1. The maximum Gasteiger partial charge on any atom is 0.151 e. The van der Waals surface area contributed by atoms with Gasteiger partial charge < -0.3 is 10.8 Å². The smallest absolute Gasteiger partial charge is 0.151 e. The van der Waals surface area contributed by atoms with Crippen molar-refractivity contribution in [3.8, 4) is 0 Å². The van der Waals surface area contributed by atoms with Gasteiger partial charge in [0, 0.05) is 6.42 Å². The maximum absolute atomic E-state index is 10.5. The Labute approximate surface area is 48.5 Å². The Balaban J connectivity index is 3.33. The van der Waals surface area contributed by atoms with Crippen molar-refractivity contribution in [1.82, 2.24) is 0 Å². The minimum Gasteiger partial charge on any atom is -0.396 e. The van der Waals surface area contributed by atoms with Gasteiger partial charge in [-0.15, -0.1) is 0 Å². The molecule has 0 unspecified atom stereocenters. The Kier molecular flexibility index (Phi) is 3.39. The summed E-state index contributed by atoms with van der Waals surface area (Å²) in [5.41, 5.74) is 5.16. The third-order valence-electron chi connectivity index (χ3n) is 0.866. The zero-order chi connectivity index (χ0) is 6.57. The summed E-state index contributed by atoms with van der Waals surface area (Å²) in [6.07, 6.45) is 0.178. The second-order valence-corrected chi connectivity index (χ2v) is 1.73. The molecule has 0 fully saturated rings. The van der Waals surface area contributed by atoms with Gasteiger partial charge in [0.25, 0.3) is 0 Å². The van der Waals surface area contributed by atoms with Crippen LogP contribution in [0.1, 0.15) is 13.3 Å². The molecule has 0 aromatic rings. The van der Waals surface area contributed by atoms with E-state index in [0.29, 0.717) is 0 Å². The molecule has 0 spiro atoms. The number of carbonyl (C=O) groups is 1. The van der Waals surface area contributed by atoms with E-state index in [1.807, 2.05) is 0 Å². The summed E-state index contributed by atoms with van der Waals surface area (Å²) < 4.78 is 0. The van der Waals surface area contributed by atoms with Gasteiger partial charge in [-0.25, -0.2) is 0 Å². The number of nitrogens with two attached hydrogens (primary N) is 1. The van der Waals surface area contributed by atoms with Gasteiger partial charge in [0.05, 0.1) is 12.6 Å². The molecule has 0 amide bonds. The van der Waals surface area contributed by atoms with Crippen LogP contribution in [0.2, 0.25) is 0 Å². The average Bonchev–Trinajstić information content (AvgIpc) is 1.67. The van der Waals surface area contributed by atoms with E-state index < -0.39 is 6.04 Å². The van der Waals surface area contributed by atoms with Crippen LogP contribution in [-0.4, -0.2) is 23.5 Å². The van der Waals surface area contributed by atoms with Crippen LogP contribution in [-0.2, 0) is 4.79 Å². The zero-order valence-corrected chi connectivity index (χ0v) is 4.92. The van der Waals surface area contributed by atoms with Gasteiger partial charge in [0.2, 0.25) is 0 Å². The van der Waals surface area contributed by atoms with Crippen LogP contribution in [0.25, 0.3) is 0 Å². The fourth-order valence-electron chi connectivity index (χ4n) is 0.338. The third kappa shape index (κ3) is 2.71. The summed E-state index contributed by atoms with van der Waals surface area (Å²) in [4.78, 5) is 10.5. The van der Waals surface area contributed by atoms with E-state index >= 15 is 0 Å². The highest BCUT2D eigenvalue weighted by molar-refractivity contribution is 5.83. The van der Waals surface area contributed by atoms with E-state index in [2.05, 4.69) is 0 Å². The zero-order valence-electron chi connectivity index (χ0n) is 4.92. The van der Waals surface area contributed by atoms with E-state index in [0.717, 1.165) is 0 Å². The molecule has 0 aromatic carbocycles. The summed E-state index contributed by atoms with van der Waals surface area (Å²) in [6, 6.07) is -0.429. The lowest BCUT2D eigenvalue weighted by molar-refractivity contribution is -0.120. The Morgan fingerprint density at radius 3 is 2.50 bits per heavy atom. The number of rotatable bonds is 3. The Bertz CT molecular complexity index is 80.5. The molecule has 0 aliphatic heterocycles. The van der Waals surface area contributed by atoms with E-state index in [-0.39, 0.29) is 18.8 Å². The monoisotopic (exact) mass is 117 g/mol. The third-order valence-corrected chi connectivity index (χ3v) is 0.866. The second kappa shape index (κ2) is 3.57. The Morgan fingerprint density at radius 1 is 1.88 bits per heavy atom. The predicted octanol–water partition coefficient (Wildman–Crippen LogP) is -0.715. The van der Waals surface area contributed by atoms with Crippen molar-refractivity contribution in [2.75, 3.05) is 6.61 Å². The molecule has 3 nitrogen and oxygen atoms in total. The predicted molar refractivity (Wildman–Crippen MR) is 30.4 cm³/mol. The first-order chi connectivity index (χ1) is 3.68. The van der Waals surface area contributed by atoms with Gasteiger partial charge in [0.1, 0.15) is 0 Å². The summed E-state index contributed by atoms with van der Waals surface area (Å²) in [5, 5.41) is 8.21. The van der Waals surface area contributed by atoms with Crippen molar-refractivity contribution in [2.24, 2.45) is 5.73 Å². The van der Waals surface area contributed by atoms with Gasteiger partial charge in [0.15, 0.2) is 5.78 Å². The van der Waals surface area contributed by atoms with Crippen molar-refractivity contribution in [3.63, 3.8) is 0 Å². The summed E-state index contributed by atoms with van der Waals surface area (Å²) in [6.45, 7) is 1.51. The molecule has 0 bridgehead atoms. The molecule has 3 heteroatoms. The lowest BCUT2D eigenvalue weighted by Gasteiger charge is -1.98. The van der Waals surface area contributed by atoms with Crippen molar-refractivity contribution in [1.29, 1.82) is 0 Å². The first-order valence-electron chi connectivity index (χ1n) is 2.57. The van der Waals surface area contributed by atoms with Crippen molar-refractivity contribution < 1.29 is 9.90 Å². The van der Waals surface area contributed by atoms with Crippen LogP contribution in [0, 0.1) is 0 Å². The van der Waals surface area contributed by atoms with Gasteiger partial charge in [-0.1, -0.05) is 0 Å². The Hall–Kier alpha value is -0.410. The van der Waals surface area contributed by atoms with E-state index in [9.17, 15) is 4.79 Å². The lowest BCUT2D eigenvalue weighted by Crippen LogP contribution is -2.26. The molecule has 0 saturated carbocycles. The van der Waals surface area contributed by atoms with Gasteiger partial charge >= 0.3 is 0 Å². The SMILES string of the molecule is C[C@H](N)C(=O)CCO. The molecule has 48 valence electrons. The van der Waals surface area contributed by atoms with Gasteiger partial charge in [-0.05, 0) is 6.92 Å². The molecule has 0 heterocycles. The summed E-state index contributed by atoms with van der Waals surface area (Å²) in [5.74, 6) is -0.0903. The summed E-state index contributed by atoms with van der Waals surface area (Å²) in [7, 11) is 0. The number of hydrogen-bond acceptors (Lipinski definition) is 3. The number of ketones is 1. The van der Waals surface area contributed by atoms with Crippen LogP contribution >= 0.6 is 0 Å². The molecule has 1 atom stereocenters. The number of hydrogen-bond donors (Lipinski definition) is 2. The molecule has 0 aromatic heterocycles. The van der Waals surface area contributed by atoms with Gasteiger partial charge in [-0.2, -0.15) is 0 Å². The molecule has 0 rings (SSSR count). The maximum atomic E-state index is 10.5. The van der Waals surface area contributed by atoms with Crippen molar-refractivity contribution in [3.05, 3.63) is 0 Å². The van der Waals surface area contributed by atoms with E-state index in [4.69, 9.17) is 10.8 Å². The molecule has 0 radical (unpaired) electrons. The van der Waals surface area contributed by atoms with E-state index in [1.54, 1.807) is 6.92 Å². The fraction of sp³-hybridized carbons (Fsp3) is 0.800. The quantitative estimate of drug-likeness (QED) is 0.513. The molecular weight excluding hydrogens is 106 g/mol. The summed E-state index contributed by atoms with van der Waals surface area (Å²) >= 11 is 0. The molecule has 0 aliphatic carbocycles. The standard InChI is InChI=1S/C5H11NO2/c1-4(6)5(8)2-3-7/h4,7H,2-3,6H2,1H3/t4-/m0/s1. The molecule has 0 saturated heterocycles. The minimum absolute atomic E-state index is 0.0903. The Morgan fingerprint density at radius 2 is 2.38 bits per heavy atom. The molecule has 0 aliphatic rings. The molecule has 3 N–H and O–H groups in total. The van der Waals surface area contributed by atoms with Crippen molar-refractivity contribution in [2.45, 2.75) is 19.4 Å². The van der Waals surface area contributed by atoms with E-state index in [1.165, 1.54) is 0 Å². The number of aliphatic hydroxyl groups is 1. The minimum atomic E-state index is -0.429. The van der Waals surface area contributed by atoms with Crippen molar-refractivity contribution >= 4 is 5.78 Å². The fourth-order valence-corrected chi connectivity index (χ4v) is 0.338. The van der Waals surface area contributed by atoms with Crippen LogP contribution in [0.3, 0.4) is 0 Å². The number of Topliss-reactive ketones (excluding diaryl/α,β-unsaturated/α-hetero) is 1. The molecule has 8 heavy (non-hydrogen) atoms. The normalized spacial score (nSPS) is 13.4. The highest BCUT2D eigenvalue weighted by Crippen LogP contribution is 1.84. The second-order valence-electron chi connectivity index (χ2n) is 1.73. The highest BCUT2D eigenvalue weighted by Gasteiger charge is 2.04. The van der Waals surface area contributed by atoms with Crippen LogP contribution in [0.4, 0.5) is 0 Å². The lowest BCUT2D eigenvalue weighted by atomic mass is 10.2. The average molecular weight is 117 g/mol. The number of carbonyl (C=O) groups excluding carboxylic acids is 1. The first kappa shape index (κ1) is 7.59. The van der Waals surface area contributed by atoms with Gasteiger partial charge in [-0.3, -0.25) is 4.79 Å². The first-order valence-corrected chi connectivity index (χ1v) is 2.57. The van der Waals surface area contributed by atoms with Crippen LogP contribution in [0.15, 0.2) is 0 Å². The van der Waals surface area contributed by atoms with Crippen LogP contribution < -0.4 is 5.73 Å². The highest BCUT2D eigenvalue weighted by atomic mass is 16.3. The topological polar surface area (TPSA) is 63.3 Å². The molecular formula is C5H11NO2.